The number of aryl methyl sites for hydroxylation is 1. The number of rotatable bonds is 5. The van der Waals surface area contributed by atoms with Gasteiger partial charge >= 0.3 is 5.88 Å². The Morgan fingerprint density at radius 1 is 1.11 bits per heavy atom. The van der Waals surface area contributed by atoms with Crippen molar-refractivity contribution in [3.8, 4) is 22.4 Å². The monoisotopic (exact) mass is 503 g/mol. The van der Waals surface area contributed by atoms with E-state index in [0.29, 0.717) is 20.4 Å². The Kier molecular flexibility index (Phi) is 6.00. The zero-order valence-electron chi connectivity index (χ0n) is 19.3. The fraction of sp³-hybridized carbons (Fsp3) is 0.154. The molecule has 2 aromatic carbocycles. The van der Waals surface area contributed by atoms with Gasteiger partial charge in [-0.25, -0.2) is 9.98 Å². The second kappa shape index (κ2) is 9.13. The van der Waals surface area contributed by atoms with Gasteiger partial charge in [-0.2, -0.15) is 0 Å². The summed E-state index contributed by atoms with van der Waals surface area (Å²) in [7, 11) is 0. The molecule has 9 heteroatoms. The van der Waals surface area contributed by atoms with Gasteiger partial charge in [0.05, 0.1) is 16.3 Å². The average Bonchev–Trinajstić information content (AvgIpc) is 3.44. The summed E-state index contributed by atoms with van der Waals surface area (Å²) < 4.78 is 6.78. The van der Waals surface area contributed by atoms with Crippen molar-refractivity contribution in [2.75, 3.05) is 5.73 Å². The van der Waals surface area contributed by atoms with Crippen LogP contribution in [0, 0.1) is 6.92 Å². The van der Waals surface area contributed by atoms with Crippen LogP contribution in [0.4, 0.5) is 11.6 Å². The molecule has 0 bridgehead atoms. The Balaban J connectivity index is 1.69. The van der Waals surface area contributed by atoms with Crippen LogP contribution in [0.1, 0.15) is 30.3 Å². The van der Waals surface area contributed by atoms with Gasteiger partial charge in [0, 0.05) is 21.9 Å². The summed E-state index contributed by atoms with van der Waals surface area (Å²) in [5.41, 5.74) is 11.6. The SMILES string of the molecule is Cc1ccc(-c2cc(-c3ccc(Cl)cc3)nc3sc(/C([O-])=N/c4c[n+](C(C)C)no4)c(N)c23)cc1. The number of aliphatic imine (C=N–C) groups is 1. The van der Waals surface area contributed by atoms with Gasteiger partial charge in [0.15, 0.2) is 6.04 Å². The van der Waals surface area contributed by atoms with Crippen LogP contribution in [-0.2, 0) is 0 Å². The molecule has 35 heavy (non-hydrogen) atoms. The molecule has 0 amide bonds. The lowest BCUT2D eigenvalue weighted by molar-refractivity contribution is -0.779. The highest BCUT2D eigenvalue weighted by Gasteiger charge is 2.19. The highest BCUT2D eigenvalue weighted by molar-refractivity contribution is 7.21. The predicted octanol–water partition coefficient (Wildman–Crippen LogP) is 5.47. The molecule has 3 aromatic heterocycles. The van der Waals surface area contributed by atoms with Crippen molar-refractivity contribution in [3.05, 3.63) is 76.3 Å². The predicted molar refractivity (Wildman–Crippen MR) is 138 cm³/mol. The van der Waals surface area contributed by atoms with Crippen molar-refractivity contribution in [2.24, 2.45) is 4.99 Å². The lowest BCUT2D eigenvalue weighted by atomic mass is 9.99. The average molecular weight is 504 g/mol. The van der Waals surface area contributed by atoms with E-state index in [9.17, 15) is 5.11 Å². The summed E-state index contributed by atoms with van der Waals surface area (Å²) >= 11 is 7.30. The molecule has 0 aliphatic heterocycles. The number of thiophene rings is 1. The first-order valence-corrected chi connectivity index (χ1v) is 12.2. The van der Waals surface area contributed by atoms with Crippen LogP contribution in [0.3, 0.4) is 0 Å². The lowest BCUT2D eigenvalue weighted by Crippen LogP contribution is -2.36. The number of nitrogens with zero attached hydrogens (tertiary/aromatic N) is 4. The number of aromatic nitrogens is 3. The van der Waals surface area contributed by atoms with Crippen LogP contribution >= 0.6 is 22.9 Å². The molecule has 7 nitrogen and oxygen atoms in total. The third-order valence-corrected chi connectivity index (χ3v) is 6.95. The summed E-state index contributed by atoms with van der Waals surface area (Å²) in [5, 5.41) is 18.4. The van der Waals surface area contributed by atoms with Crippen molar-refractivity contribution in [1.29, 1.82) is 0 Å². The number of benzene rings is 2. The van der Waals surface area contributed by atoms with Crippen molar-refractivity contribution < 1.29 is 14.3 Å². The quantitative estimate of drug-likeness (QED) is 0.194. The molecular weight excluding hydrogens is 482 g/mol. The van der Waals surface area contributed by atoms with E-state index in [1.807, 2.05) is 75.4 Å². The van der Waals surface area contributed by atoms with Crippen LogP contribution in [-0.4, -0.2) is 16.2 Å². The van der Waals surface area contributed by atoms with Crippen molar-refractivity contribution in [1.82, 2.24) is 10.3 Å². The number of hydrogen-bond donors (Lipinski definition) is 1. The molecule has 2 N–H and O–H groups in total. The lowest BCUT2D eigenvalue weighted by Gasteiger charge is -2.10. The molecule has 0 unspecified atom stereocenters. The number of nitrogen functional groups attached to an aromatic ring is 1. The summed E-state index contributed by atoms with van der Waals surface area (Å²) in [6, 6.07) is 17.7. The van der Waals surface area contributed by atoms with Crippen LogP contribution in [0.2, 0.25) is 5.02 Å². The summed E-state index contributed by atoms with van der Waals surface area (Å²) in [6.45, 7) is 5.94. The second-order valence-corrected chi connectivity index (χ2v) is 9.92. The Labute approximate surface area is 211 Å². The smallest absolute Gasteiger partial charge is 0.320 e. The molecule has 0 aliphatic carbocycles. The van der Waals surface area contributed by atoms with Crippen molar-refractivity contribution >= 4 is 50.6 Å². The number of pyridine rings is 1. The first kappa shape index (κ1) is 23.0. The summed E-state index contributed by atoms with van der Waals surface area (Å²) in [5.74, 6) is -0.380. The molecule has 3 heterocycles. The normalized spacial score (nSPS) is 12.1. The fourth-order valence-corrected chi connectivity index (χ4v) is 4.83. The van der Waals surface area contributed by atoms with Crippen LogP contribution < -0.4 is 15.5 Å². The highest BCUT2D eigenvalue weighted by Crippen LogP contribution is 2.41. The minimum atomic E-state index is -0.500. The number of anilines is 1. The van der Waals surface area contributed by atoms with E-state index in [2.05, 4.69) is 10.3 Å². The molecule has 0 atom stereocenters. The van der Waals surface area contributed by atoms with E-state index in [0.717, 1.165) is 33.3 Å². The Morgan fingerprint density at radius 3 is 2.46 bits per heavy atom. The molecule has 5 rings (SSSR count). The van der Waals surface area contributed by atoms with Gasteiger partial charge < -0.3 is 10.8 Å². The molecule has 0 saturated heterocycles. The van der Waals surface area contributed by atoms with Gasteiger partial charge in [-0.15, -0.1) is 11.3 Å². The number of hydrogen-bond acceptors (Lipinski definition) is 7. The first-order chi connectivity index (χ1) is 16.8. The van der Waals surface area contributed by atoms with Crippen molar-refractivity contribution in [3.63, 3.8) is 0 Å². The minimum absolute atomic E-state index is 0.0831. The minimum Gasteiger partial charge on any atom is -0.857 e. The summed E-state index contributed by atoms with van der Waals surface area (Å²) in [6.07, 6.45) is 1.58. The maximum Gasteiger partial charge on any atom is 0.320 e. The van der Waals surface area contributed by atoms with Crippen LogP contribution in [0.25, 0.3) is 32.6 Å². The van der Waals surface area contributed by atoms with E-state index in [1.165, 1.54) is 11.3 Å². The van der Waals surface area contributed by atoms with Crippen LogP contribution in [0.5, 0.6) is 0 Å². The van der Waals surface area contributed by atoms with Gasteiger partial charge in [0.25, 0.3) is 6.20 Å². The third-order valence-electron chi connectivity index (χ3n) is 5.61. The molecule has 176 valence electrons. The Hall–Kier alpha value is -3.75. The number of halogens is 1. The topological polar surface area (TPSA) is 104 Å². The largest absolute Gasteiger partial charge is 0.857 e. The molecule has 0 radical (unpaired) electrons. The zero-order valence-corrected chi connectivity index (χ0v) is 20.9. The first-order valence-electron chi connectivity index (χ1n) is 11.0. The molecule has 0 fully saturated rings. The fourth-order valence-electron chi connectivity index (χ4n) is 3.70. The Morgan fingerprint density at radius 2 is 1.80 bits per heavy atom. The van der Waals surface area contributed by atoms with Gasteiger partial charge in [-0.05, 0) is 54.8 Å². The molecule has 5 aromatic rings. The zero-order chi connectivity index (χ0) is 24.7. The van der Waals surface area contributed by atoms with Gasteiger partial charge in [-0.3, -0.25) is 4.52 Å². The maximum atomic E-state index is 13.1. The standard InChI is InChI=1S/C26H22ClN5O2S/c1-14(2)32-13-21(34-31-32)30-25(33)24-23(28)22-19(16-6-4-15(3)5-7-16)12-20(29-26(22)35-24)17-8-10-18(27)11-9-17/h4-14H,1-3H3,(H2-,28,30,31,33). The molecule has 0 spiro atoms. The van der Waals surface area contributed by atoms with Crippen molar-refractivity contribution in [2.45, 2.75) is 26.8 Å². The highest BCUT2D eigenvalue weighted by atomic mass is 35.5. The van der Waals surface area contributed by atoms with Gasteiger partial charge in [-0.1, -0.05) is 53.6 Å². The number of fused-ring (bicyclic) bond motifs is 1. The van der Waals surface area contributed by atoms with E-state index in [-0.39, 0.29) is 11.9 Å². The van der Waals surface area contributed by atoms with Crippen LogP contribution in [0.15, 0.2) is 70.3 Å². The van der Waals surface area contributed by atoms with E-state index in [1.54, 1.807) is 10.9 Å². The second-order valence-electron chi connectivity index (χ2n) is 8.48. The summed E-state index contributed by atoms with van der Waals surface area (Å²) in [4.78, 5) is 9.89. The van der Waals surface area contributed by atoms with E-state index >= 15 is 0 Å². The maximum absolute atomic E-state index is 13.1. The third kappa shape index (κ3) is 4.50. The molecule has 0 saturated carbocycles. The van der Waals surface area contributed by atoms with E-state index < -0.39 is 5.90 Å². The molecule has 0 aliphatic rings. The molecular formula is C26H22ClN5O2S. The van der Waals surface area contributed by atoms with Gasteiger partial charge in [0.2, 0.25) is 5.27 Å². The number of nitrogens with two attached hydrogens (primary N) is 1. The Bertz CT molecular complexity index is 1550. The van der Waals surface area contributed by atoms with Gasteiger partial charge in [0.1, 0.15) is 4.83 Å². The van der Waals surface area contributed by atoms with E-state index in [4.69, 9.17) is 26.8 Å².